The average Bonchev–Trinajstić information content (AvgIpc) is 2.46. The molecule has 1 aromatic rings. The molecule has 8 heteroatoms. The van der Waals surface area contributed by atoms with E-state index in [-0.39, 0.29) is 18.5 Å². The zero-order chi connectivity index (χ0) is 16.6. The van der Waals surface area contributed by atoms with Crippen molar-refractivity contribution in [3.05, 3.63) is 35.4 Å². The second kappa shape index (κ2) is 8.02. The normalized spacial score (nSPS) is 10.6. The zero-order valence-corrected chi connectivity index (χ0v) is 11.5. The fourth-order valence-corrected chi connectivity index (χ4v) is 1.57. The molecule has 0 atom stereocenters. The van der Waals surface area contributed by atoms with Crippen LogP contribution in [-0.4, -0.2) is 24.9 Å². The van der Waals surface area contributed by atoms with E-state index >= 15 is 0 Å². The molecule has 0 bridgehead atoms. The molecule has 0 aliphatic carbocycles. The molecular weight excluding hydrogens is 299 g/mol. The Kier molecular flexibility index (Phi) is 6.38. The molecule has 0 saturated carbocycles. The van der Waals surface area contributed by atoms with Gasteiger partial charge < -0.3 is 10.6 Å². The van der Waals surface area contributed by atoms with E-state index in [1.54, 1.807) is 6.07 Å². The van der Waals surface area contributed by atoms with E-state index in [0.717, 1.165) is 24.3 Å². The number of nitriles is 1. The van der Waals surface area contributed by atoms with Crippen molar-refractivity contribution in [2.75, 3.05) is 13.1 Å². The maximum atomic E-state index is 12.4. The topological polar surface area (TPSA) is 82.0 Å². The molecule has 118 valence electrons. The van der Waals surface area contributed by atoms with Gasteiger partial charge in [0, 0.05) is 18.7 Å². The van der Waals surface area contributed by atoms with Crippen LogP contribution in [0.25, 0.3) is 0 Å². The Morgan fingerprint density at radius 2 is 1.68 bits per heavy atom. The van der Waals surface area contributed by atoms with Gasteiger partial charge in [0.25, 0.3) is 5.91 Å². The van der Waals surface area contributed by atoms with Gasteiger partial charge in [0.1, 0.15) is 6.42 Å². The third kappa shape index (κ3) is 5.83. The molecular formula is C14H14F3N3O2. The minimum atomic E-state index is -4.43. The van der Waals surface area contributed by atoms with Crippen molar-refractivity contribution in [2.24, 2.45) is 0 Å². The van der Waals surface area contributed by atoms with Crippen LogP contribution in [0.5, 0.6) is 0 Å². The molecule has 0 unspecified atom stereocenters. The Balaban J connectivity index is 2.34. The monoisotopic (exact) mass is 313 g/mol. The number of carbonyl (C=O) groups excluding carboxylic acids is 2. The highest BCUT2D eigenvalue weighted by Gasteiger charge is 2.30. The van der Waals surface area contributed by atoms with Crippen LogP contribution in [0.2, 0.25) is 0 Å². The predicted octanol–water partition coefficient (Wildman–Crippen LogP) is 1.86. The molecule has 0 fully saturated rings. The Bertz CT molecular complexity index is 562. The number of nitrogens with one attached hydrogen (secondary N) is 2. The predicted molar refractivity (Wildman–Crippen MR) is 71.6 cm³/mol. The first-order chi connectivity index (χ1) is 10.3. The number of hydrogen-bond acceptors (Lipinski definition) is 3. The van der Waals surface area contributed by atoms with Gasteiger partial charge in [-0.3, -0.25) is 9.59 Å². The van der Waals surface area contributed by atoms with Crippen LogP contribution in [0.3, 0.4) is 0 Å². The van der Waals surface area contributed by atoms with Crippen molar-refractivity contribution in [3.63, 3.8) is 0 Å². The Morgan fingerprint density at radius 1 is 1.09 bits per heavy atom. The van der Waals surface area contributed by atoms with Crippen molar-refractivity contribution >= 4 is 11.8 Å². The number of nitrogens with zero attached hydrogens (tertiary/aromatic N) is 1. The first-order valence-electron chi connectivity index (χ1n) is 6.43. The second-order valence-corrected chi connectivity index (χ2v) is 4.37. The lowest BCUT2D eigenvalue weighted by Gasteiger charge is -2.08. The van der Waals surface area contributed by atoms with Crippen molar-refractivity contribution in [2.45, 2.75) is 19.0 Å². The molecule has 0 radical (unpaired) electrons. The van der Waals surface area contributed by atoms with Gasteiger partial charge in [-0.25, -0.2) is 0 Å². The van der Waals surface area contributed by atoms with Gasteiger partial charge in [-0.15, -0.1) is 0 Å². The van der Waals surface area contributed by atoms with E-state index in [1.165, 1.54) is 0 Å². The van der Waals surface area contributed by atoms with Crippen LogP contribution in [0, 0.1) is 11.3 Å². The fraction of sp³-hybridized carbons (Fsp3) is 0.357. The summed E-state index contributed by atoms with van der Waals surface area (Å²) in [5.74, 6) is -0.881. The van der Waals surface area contributed by atoms with Gasteiger partial charge >= 0.3 is 6.18 Å². The molecule has 1 rings (SSSR count). The van der Waals surface area contributed by atoms with E-state index in [9.17, 15) is 22.8 Å². The summed E-state index contributed by atoms with van der Waals surface area (Å²) in [6.07, 6.45) is -4.21. The fourth-order valence-electron chi connectivity index (χ4n) is 1.57. The van der Waals surface area contributed by atoms with Crippen LogP contribution in [0.1, 0.15) is 28.8 Å². The lowest BCUT2D eigenvalue weighted by molar-refractivity contribution is -0.137. The van der Waals surface area contributed by atoms with Gasteiger partial charge in [0.05, 0.1) is 11.6 Å². The maximum Gasteiger partial charge on any atom is 0.416 e. The Hall–Kier alpha value is -2.56. The highest BCUT2D eigenvalue weighted by atomic mass is 19.4. The molecule has 0 spiro atoms. The first-order valence-corrected chi connectivity index (χ1v) is 6.43. The highest BCUT2D eigenvalue weighted by Crippen LogP contribution is 2.28. The molecule has 0 aromatic heterocycles. The van der Waals surface area contributed by atoms with Crippen molar-refractivity contribution in [1.29, 1.82) is 5.26 Å². The summed E-state index contributed by atoms with van der Waals surface area (Å²) < 4.78 is 37.1. The molecule has 2 amide bonds. The van der Waals surface area contributed by atoms with Crippen molar-refractivity contribution < 1.29 is 22.8 Å². The minimum absolute atomic E-state index is 0.126. The average molecular weight is 313 g/mol. The molecule has 2 N–H and O–H groups in total. The molecule has 0 aliphatic rings. The zero-order valence-electron chi connectivity index (χ0n) is 11.5. The molecule has 5 nitrogen and oxygen atoms in total. The summed E-state index contributed by atoms with van der Waals surface area (Å²) in [6.45, 7) is 0.556. The number of benzene rings is 1. The first kappa shape index (κ1) is 17.5. The van der Waals surface area contributed by atoms with Gasteiger partial charge in [-0.2, -0.15) is 18.4 Å². The van der Waals surface area contributed by atoms with E-state index in [0.29, 0.717) is 13.0 Å². The third-order valence-corrected chi connectivity index (χ3v) is 2.68. The van der Waals surface area contributed by atoms with Gasteiger partial charge in [-0.1, -0.05) is 0 Å². The largest absolute Gasteiger partial charge is 0.416 e. The number of alkyl halides is 3. The van der Waals surface area contributed by atoms with Crippen LogP contribution < -0.4 is 10.6 Å². The van der Waals surface area contributed by atoms with E-state index in [2.05, 4.69) is 10.6 Å². The number of carbonyl (C=O) groups is 2. The van der Waals surface area contributed by atoms with Crippen molar-refractivity contribution in [1.82, 2.24) is 10.6 Å². The number of halogens is 3. The van der Waals surface area contributed by atoms with Crippen LogP contribution in [0.4, 0.5) is 13.2 Å². The molecule has 1 aromatic carbocycles. The molecule has 0 saturated heterocycles. The maximum absolute atomic E-state index is 12.4. The minimum Gasteiger partial charge on any atom is -0.355 e. The van der Waals surface area contributed by atoms with Crippen LogP contribution in [0.15, 0.2) is 24.3 Å². The SMILES string of the molecule is N#CCC(=O)NCCCNC(=O)c1ccc(C(F)(F)F)cc1. The summed E-state index contributed by atoms with van der Waals surface area (Å²) in [6, 6.07) is 5.60. The number of hydrogen-bond donors (Lipinski definition) is 2. The molecule has 22 heavy (non-hydrogen) atoms. The summed E-state index contributed by atoms with van der Waals surface area (Å²) in [4.78, 5) is 22.6. The van der Waals surface area contributed by atoms with Crippen LogP contribution in [-0.2, 0) is 11.0 Å². The Morgan fingerprint density at radius 3 is 2.23 bits per heavy atom. The summed E-state index contributed by atoms with van der Waals surface area (Å²) in [5.41, 5.74) is -0.689. The lowest BCUT2D eigenvalue weighted by atomic mass is 10.1. The quantitative estimate of drug-likeness (QED) is 0.786. The molecule has 0 heterocycles. The standard InChI is InChI=1S/C14H14F3N3O2/c15-14(16,17)11-4-2-10(3-5-11)13(22)20-9-1-8-19-12(21)6-7-18/h2-5H,1,6,8-9H2,(H,19,21)(H,20,22). The van der Waals surface area contributed by atoms with Crippen LogP contribution >= 0.6 is 0 Å². The third-order valence-electron chi connectivity index (χ3n) is 2.68. The second-order valence-electron chi connectivity index (χ2n) is 4.37. The number of rotatable bonds is 6. The smallest absolute Gasteiger partial charge is 0.355 e. The van der Waals surface area contributed by atoms with E-state index < -0.39 is 23.6 Å². The summed E-state index contributed by atoms with van der Waals surface area (Å²) in [7, 11) is 0. The Labute approximate surface area is 125 Å². The summed E-state index contributed by atoms with van der Waals surface area (Å²) >= 11 is 0. The van der Waals surface area contributed by atoms with E-state index in [1.807, 2.05) is 0 Å². The highest BCUT2D eigenvalue weighted by molar-refractivity contribution is 5.94. The van der Waals surface area contributed by atoms with Gasteiger partial charge in [0.15, 0.2) is 0 Å². The number of amides is 2. The van der Waals surface area contributed by atoms with E-state index in [4.69, 9.17) is 5.26 Å². The molecule has 0 aliphatic heterocycles. The van der Waals surface area contributed by atoms with Crippen molar-refractivity contribution in [3.8, 4) is 6.07 Å². The summed E-state index contributed by atoms with van der Waals surface area (Å²) in [5, 5.41) is 13.3. The van der Waals surface area contributed by atoms with Gasteiger partial charge in [0.2, 0.25) is 5.91 Å². The van der Waals surface area contributed by atoms with Gasteiger partial charge in [-0.05, 0) is 30.7 Å². The lowest BCUT2D eigenvalue weighted by Crippen LogP contribution is -2.29.